The molecule has 0 radical (unpaired) electrons. The van der Waals surface area contributed by atoms with E-state index >= 15 is 0 Å². The van der Waals surface area contributed by atoms with Crippen molar-refractivity contribution in [2.75, 3.05) is 26.4 Å². The minimum atomic E-state index is -0.939. The average Bonchev–Trinajstić information content (AvgIpc) is 2.66. The highest BCUT2D eigenvalue weighted by Gasteiger charge is 2.32. The molecule has 0 aliphatic heterocycles. The van der Waals surface area contributed by atoms with Gasteiger partial charge in [-0.05, 0) is 53.9 Å². The Kier molecular flexibility index (Phi) is 12.7. The van der Waals surface area contributed by atoms with Crippen LogP contribution in [-0.4, -0.2) is 55.2 Å². The molecule has 0 fully saturated rings. The number of ether oxygens (including phenoxy) is 3. The first-order valence-electron chi connectivity index (χ1n) is 10.4. The van der Waals surface area contributed by atoms with E-state index in [-0.39, 0.29) is 24.8 Å². The van der Waals surface area contributed by atoms with Crippen LogP contribution in [0.3, 0.4) is 0 Å². The van der Waals surface area contributed by atoms with Gasteiger partial charge >= 0.3 is 5.97 Å². The summed E-state index contributed by atoms with van der Waals surface area (Å²) in [5.74, 6) is -0.609. The Morgan fingerprint density at radius 3 is 2.17 bits per heavy atom. The van der Waals surface area contributed by atoms with Gasteiger partial charge in [-0.1, -0.05) is 19.9 Å². The first-order valence-corrected chi connectivity index (χ1v) is 10.4. The van der Waals surface area contributed by atoms with Crippen LogP contribution in [0.4, 0.5) is 0 Å². The van der Waals surface area contributed by atoms with Gasteiger partial charge < -0.3 is 19.5 Å². The smallest absolute Gasteiger partial charge is 0.333 e. The van der Waals surface area contributed by atoms with Gasteiger partial charge in [0.2, 0.25) is 0 Å². The van der Waals surface area contributed by atoms with Crippen LogP contribution in [0.2, 0.25) is 0 Å². The van der Waals surface area contributed by atoms with Crippen LogP contribution in [0.15, 0.2) is 12.2 Å². The van der Waals surface area contributed by atoms with Crippen molar-refractivity contribution < 1.29 is 28.6 Å². The second-order valence-corrected chi connectivity index (χ2v) is 7.78. The van der Waals surface area contributed by atoms with Gasteiger partial charge in [0, 0.05) is 25.2 Å². The predicted octanol–water partition coefficient (Wildman–Crippen LogP) is 3.35. The largest absolute Gasteiger partial charge is 0.460 e. The third kappa shape index (κ3) is 10.6. The van der Waals surface area contributed by atoms with Gasteiger partial charge in [0.15, 0.2) is 5.78 Å². The Bertz CT molecular complexity index is 558. The van der Waals surface area contributed by atoms with Crippen LogP contribution in [0, 0.1) is 0 Å². The quantitative estimate of drug-likeness (QED) is 0.237. The van der Waals surface area contributed by atoms with E-state index in [1.165, 1.54) is 0 Å². The van der Waals surface area contributed by atoms with Crippen LogP contribution >= 0.6 is 0 Å². The number of hydrogen-bond acceptors (Lipinski definition) is 6. The molecule has 0 bridgehead atoms. The molecular formula is C22H39NO6. The molecule has 0 aliphatic carbocycles. The maximum absolute atomic E-state index is 12.4. The third-order valence-corrected chi connectivity index (χ3v) is 4.77. The maximum Gasteiger partial charge on any atom is 0.333 e. The van der Waals surface area contributed by atoms with E-state index in [1.807, 2.05) is 13.8 Å². The van der Waals surface area contributed by atoms with Crippen LogP contribution in [0.25, 0.3) is 0 Å². The van der Waals surface area contributed by atoms with Crippen molar-refractivity contribution in [3.05, 3.63) is 12.2 Å². The second-order valence-electron chi connectivity index (χ2n) is 7.78. The molecule has 0 spiro atoms. The summed E-state index contributed by atoms with van der Waals surface area (Å²) in [6.07, 6.45) is 3.36. The highest BCUT2D eigenvalue weighted by Crippen LogP contribution is 2.18. The maximum atomic E-state index is 12.4. The van der Waals surface area contributed by atoms with Crippen molar-refractivity contribution in [1.82, 2.24) is 5.32 Å². The molecule has 1 atom stereocenters. The molecule has 7 nitrogen and oxygen atoms in total. The summed E-state index contributed by atoms with van der Waals surface area (Å²) in [5.41, 5.74) is -1.35. The first-order chi connectivity index (χ1) is 13.5. The van der Waals surface area contributed by atoms with E-state index in [0.29, 0.717) is 31.6 Å². The summed E-state index contributed by atoms with van der Waals surface area (Å²) in [5, 5.41) is 2.73. The Labute approximate surface area is 175 Å². The summed E-state index contributed by atoms with van der Waals surface area (Å²) in [4.78, 5) is 35.9. The van der Waals surface area contributed by atoms with Gasteiger partial charge in [-0.2, -0.15) is 0 Å². The molecule has 0 rings (SSSR count). The molecule has 168 valence electrons. The number of carbonyl (C=O) groups is 3. The van der Waals surface area contributed by atoms with Crippen LogP contribution in [-0.2, 0) is 28.6 Å². The Hall–Kier alpha value is -1.73. The fourth-order valence-corrected chi connectivity index (χ4v) is 2.55. The molecule has 0 aromatic rings. The summed E-state index contributed by atoms with van der Waals surface area (Å²) in [6, 6.07) is 0. The highest BCUT2D eigenvalue weighted by atomic mass is 16.5. The van der Waals surface area contributed by atoms with Crippen molar-refractivity contribution in [2.45, 2.75) is 84.8 Å². The van der Waals surface area contributed by atoms with Crippen molar-refractivity contribution in [1.29, 1.82) is 0 Å². The molecule has 0 aromatic heterocycles. The first kappa shape index (κ1) is 27.3. The molecule has 1 unspecified atom stereocenters. The van der Waals surface area contributed by atoms with E-state index < -0.39 is 17.2 Å². The molecule has 29 heavy (non-hydrogen) atoms. The number of ketones is 1. The molecule has 0 heterocycles. The molecule has 1 N–H and O–H groups in total. The summed E-state index contributed by atoms with van der Waals surface area (Å²) in [6.45, 7) is 15.4. The minimum absolute atomic E-state index is 0.0867. The number of carbonyl (C=O) groups excluding carboxylic acids is 3. The highest BCUT2D eigenvalue weighted by molar-refractivity contribution is 5.87. The molecular weight excluding hydrogens is 374 g/mol. The second kappa shape index (κ2) is 13.5. The average molecular weight is 414 g/mol. The molecule has 0 aliphatic rings. The fourth-order valence-electron chi connectivity index (χ4n) is 2.55. The number of esters is 1. The molecule has 0 aromatic carbocycles. The Morgan fingerprint density at radius 1 is 0.966 bits per heavy atom. The number of rotatable bonds is 16. The van der Waals surface area contributed by atoms with Crippen molar-refractivity contribution in [3.63, 3.8) is 0 Å². The number of amides is 1. The zero-order valence-corrected chi connectivity index (χ0v) is 19.0. The molecule has 1 amide bonds. The van der Waals surface area contributed by atoms with E-state index in [4.69, 9.17) is 14.2 Å². The van der Waals surface area contributed by atoms with E-state index in [2.05, 4.69) is 11.9 Å². The summed E-state index contributed by atoms with van der Waals surface area (Å²) >= 11 is 0. The lowest BCUT2D eigenvalue weighted by Gasteiger charge is -2.27. The molecule has 7 heteroatoms. The number of nitrogens with one attached hydrogen (secondary N) is 1. The van der Waals surface area contributed by atoms with Gasteiger partial charge in [0.1, 0.15) is 17.8 Å². The van der Waals surface area contributed by atoms with E-state index in [1.54, 1.807) is 27.7 Å². The van der Waals surface area contributed by atoms with Gasteiger partial charge in [-0.3, -0.25) is 9.59 Å². The van der Waals surface area contributed by atoms with Gasteiger partial charge in [0.05, 0.1) is 6.54 Å². The number of Topliss-reactive ketones (excluding diaryl/α,β-unsaturated/α-hetero) is 1. The zero-order valence-electron chi connectivity index (χ0n) is 19.0. The Morgan fingerprint density at radius 2 is 1.62 bits per heavy atom. The van der Waals surface area contributed by atoms with E-state index in [0.717, 1.165) is 19.3 Å². The monoisotopic (exact) mass is 413 g/mol. The van der Waals surface area contributed by atoms with Crippen LogP contribution < -0.4 is 5.32 Å². The number of unbranched alkanes of at least 4 members (excludes halogenated alkanes) is 2. The standard InChI is InChI=1S/C22H39NO6/c1-8-22(7,20(26)23-14-16-27-19(25)17(3)4)29-15-12-10-11-13-18(24)21(5,6)28-9-2/h3,8-16H2,1-2,4-7H3,(H,23,26). The van der Waals surface area contributed by atoms with Gasteiger partial charge in [0.25, 0.3) is 5.91 Å². The van der Waals surface area contributed by atoms with Crippen LogP contribution in [0.1, 0.15) is 73.6 Å². The van der Waals surface area contributed by atoms with Crippen molar-refractivity contribution >= 4 is 17.7 Å². The summed E-state index contributed by atoms with van der Waals surface area (Å²) < 4.78 is 16.2. The van der Waals surface area contributed by atoms with Gasteiger partial charge in [-0.15, -0.1) is 0 Å². The predicted molar refractivity (Wildman–Crippen MR) is 113 cm³/mol. The SMILES string of the molecule is C=C(C)C(=O)OCCNC(=O)C(C)(CC)OCCCCCC(=O)C(C)(C)OCC. The molecule has 0 saturated heterocycles. The van der Waals surface area contributed by atoms with Crippen LogP contribution in [0.5, 0.6) is 0 Å². The van der Waals surface area contributed by atoms with Gasteiger partial charge in [-0.25, -0.2) is 4.79 Å². The fraction of sp³-hybridized carbons (Fsp3) is 0.773. The summed E-state index contributed by atoms with van der Waals surface area (Å²) in [7, 11) is 0. The number of hydrogen-bond donors (Lipinski definition) is 1. The van der Waals surface area contributed by atoms with Crippen molar-refractivity contribution in [2.24, 2.45) is 0 Å². The third-order valence-electron chi connectivity index (χ3n) is 4.77. The normalized spacial score (nSPS) is 13.4. The lowest BCUT2D eigenvalue weighted by molar-refractivity contribution is -0.147. The molecule has 0 saturated carbocycles. The minimum Gasteiger partial charge on any atom is -0.460 e. The lowest BCUT2D eigenvalue weighted by atomic mass is 9.98. The Balaban J connectivity index is 4.14. The zero-order chi connectivity index (χ0) is 22.5. The van der Waals surface area contributed by atoms with Crippen molar-refractivity contribution in [3.8, 4) is 0 Å². The lowest BCUT2D eigenvalue weighted by Crippen LogP contribution is -2.47. The topological polar surface area (TPSA) is 90.9 Å². The van der Waals surface area contributed by atoms with E-state index in [9.17, 15) is 14.4 Å².